The highest BCUT2D eigenvalue weighted by Crippen LogP contribution is 2.31. The molecule has 6 heteroatoms. The lowest BCUT2D eigenvalue weighted by Crippen LogP contribution is -2.37. The number of hydrogen-bond donors (Lipinski definition) is 1. The average Bonchev–Trinajstić information content (AvgIpc) is 2.44. The lowest BCUT2D eigenvalue weighted by Gasteiger charge is -2.30. The second kappa shape index (κ2) is 5.87. The Balaban J connectivity index is 2.40. The van der Waals surface area contributed by atoms with Gasteiger partial charge in [-0.3, -0.25) is 4.18 Å². The molecule has 2 atom stereocenters. The van der Waals surface area contributed by atoms with Crippen LogP contribution in [0.15, 0.2) is 36.4 Å². The molecule has 5 nitrogen and oxygen atoms in total. The van der Waals surface area contributed by atoms with Gasteiger partial charge >= 0.3 is 0 Å². The first kappa shape index (κ1) is 16.7. The van der Waals surface area contributed by atoms with E-state index in [4.69, 9.17) is 8.92 Å². The third-order valence-electron chi connectivity index (χ3n) is 3.74. The van der Waals surface area contributed by atoms with E-state index in [1.165, 1.54) is 13.8 Å². The molecule has 1 N–H and O–H groups in total. The SMILES string of the molecule is COc1ccc2cc(C(C)(O)[C@H](C)OS(C)(=O)=O)ccc2c1. The minimum absolute atomic E-state index is 0.585. The van der Waals surface area contributed by atoms with Crippen LogP contribution in [0.3, 0.4) is 0 Å². The summed E-state index contributed by atoms with van der Waals surface area (Å²) in [4.78, 5) is 0. The molecule has 1 unspecified atom stereocenters. The van der Waals surface area contributed by atoms with Gasteiger partial charge in [-0.15, -0.1) is 0 Å². The summed E-state index contributed by atoms with van der Waals surface area (Å²) in [6, 6.07) is 11.0. The quantitative estimate of drug-likeness (QED) is 0.855. The van der Waals surface area contributed by atoms with Crippen molar-refractivity contribution < 1.29 is 22.4 Å². The molecule has 0 saturated carbocycles. The summed E-state index contributed by atoms with van der Waals surface area (Å²) >= 11 is 0. The molecule has 0 aromatic heterocycles. The Kier molecular flexibility index (Phi) is 4.47. The zero-order valence-corrected chi connectivity index (χ0v) is 13.8. The molecule has 0 spiro atoms. The molecule has 22 heavy (non-hydrogen) atoms. The smallest absolute Gasteiger partial charge is 0.264 e. The van der Waals surface area contributed by atoms with Gasteiger partial charge in [-0.1, -0.05) is 18.2 Å². The van der Waals surface area contributed by atoms with Crippen molar-refractivity contribution in [3.8, 4) is 5.75 Å². The number of hydrogen-bond acceptors (Lipinski definition) is 5. The minimum Gasteiger partial charge on any atom is -0.497 e. The van der Waals surface area contributed by atoms with Crippen LogP contribution in [0.4, 0.5) is 0 Å². The lowest BCUT2D eigenvalue weighted by atomic mass is 9.89. The predicted octanol–water partition coefficient (Wildman–Crippen LogP) is 2.42. The van der Waals surface area contributed by atoms with Crippen LogP contribution < -0.4 is 4.74 Å². The van der Waals surface area contributed by atoms with E-state index in [0.29, 0.717) is 5.56 Å². The second-order valence-corrected chi connectivity index (χ2v) is 7.12. The number of fused-ring (bicyclic) bond motifs is 1. The normalized spacial score (nSPS) is 16.2. The van der Waals surface area contributed by atoms with Gasteiger partial charge in [0.25, 0.3) is 10.1 Å². The molecule has 2 aromatic carbocycles. The molecule has 0 saturated heterocycles. The molecule has 2 aromatic rings. The predicted molar refractivity (Wildman–Crippen MR) is 85.5 cm³/mol. The summed E-state index contributed by atoms with van der Waals surface area (Å²) in [6.45, 7) is 3.06. The summed E-state index contributed by atoms with van der Waals surface area (Å²) in [5, 5.41) is 12.6. The Morgan fingerprint density at radius 1 is 1.14 bits per heavy atom. The first-order valence-corrected chi connectivity index (χ1v) is 8.64. The molecule has 2 rings (SSSR count). The van der Waals surface area contributed by atoms with Crippen LogP contribution in [0, 0.1) is 0 Å². The molecule has 0 fully saturated rings. The summed E-state index contributed by atoms with van der Waals surface area (Å²) in [5.74, 6) is 0.751. The third-order valence-corrected chi connectivity index (χ3v) is 4.38. The number of rotatable bonds is 5. The standard InChI is InChI=1S/C16H20O5S/c1-11(21-22(4,18)19)16(2,17)14-7-5-13-10-15(20-3)8-6-12(13)9-14/h5-11,17H,1-4H3/t11-,16?/m0/s1. The number of methoxy groups -OCH3 is 1. The van der Waals surface area contributed by atoms with Gasteiger partial charge in [0.2, 0.25) is 0 Å². The fourth-order valence-electron chi connectivity index (χ4n) is 2.26. The highest BCUT2D eigenvalue weighted by molar-refractivity contribution is 7.86. The summed E-state index contributed by atoms with van der Waals surface area (Å²) < 4.78 is 32.6. The van der Waals surface area contributed by atoms with Crippen molar-refractivity contribution in [3.63, 3.8) is 0 Å². The van der Waals surface area contributed by atoms with E-state index in [2.05, 4.69) is 0 Å². The Bertz CT molecular complexity index is 780. The van der Waals surface area contributed by atoms with E-state index >= 15 is 0 Å². The van der Waals surface area contributed by atoms with Crippen LogP contribution in [0.1, 0.15) is 19.4 Å². The second-order valence-electron chi connectivity index (χ2n) is 5.52. The van der Waals surface area contributed by atoms with Gasteiger partial charge < -0.3 is 9.84 Å². The fourth-order valence-corrected chi connectivity index (χ4v) is 2.97. The van der Waals surface area contributed by atoms with E-state index < -0.39 is 21.8 Å². The molecule has 120 valence electrons. The fraction of sp³-hybridized carbons (Fsp3) is 0.375. The molecule has 0 amide bonds. The molecule has 0 heterocycles. The number of ether oxygens (including phenoxy) is 1. The minimum atomic E-state index is -3.64. The van der Waals surface area contributed by atoms with Crippen molar-refractivity contribution in [2.75, 3.05) is 13.4 Å². The van der Waals surface area contributed by atoms with Crippen LogP contribution in [0.25, 0.3) is 10.8 Å². The van der Waals surface area contributed by atoms with Gasteiger partial charge in [0.05, 0.1) is 13.4 Å². The Morgan fingerprint density at radius 3 is 2.32 bits per heavy atom. The maximum absolute atomic E-state index is 11.3. The summed E-state index contributed by atoms with van der Waals surface area (Å²) in [6.07, 6.45) is 0.0601. The third kappa shape index (κ3) is 3.58. The lowest BCUT2D eigenvalue weighted by molar-refractivity contribution is -0.0409. The maximum Gasteiger partial charge on any atom is 0.264 e. The summed E-state index contributed by atoms with van der Waals surface area (Å²) in [5.41, 5.74) is -0.849. The number of benzene rings is 2. The van der Waals surface area contributed by atoms with Crippen molar-refractivity contribution in [3.05, 3.63) is 42.0 Å². The largest absolute Gasteiger partial charge is 0.497 e. The topological polar surface area (TPSA) is 72.8 Å². The number of aliphatic hydroxyl groups is 1. The Hall–Kier alpha value is -1.63. The van der Waals surface area contributed by atoms with Crippen LogP contribution in [0.2, 0.25) is 0 Å². The van der Waals surface area contributed by atoms with E-state index in [1.807, 2.05) is 30.3 Å². The zero-order chi connectivity index (χ0) is 16.5. The van der Waals surface area contributed by atoms with Crippen LogP contribution in [-0.2, 0) is 19.9 Å². The van der Waals surface area contributed by atoms with Crippen LogP contribution in [0.5, 0.6) is 5.75 Å². The molecule has 0 aliphatic carbocycles. The van der Waals surface area contributed by atoms with Crippen LogP contribution in [-0.4, -0.2) is 33.0 Å². The van der Waals surface area contributed by atoms with Gasteiger partial charge in [0, 0.05) is 0 Å². The Morgan fingerprint density at radius 2 is 1.73 bits per heavy atom. The molecule has 0 aliphatic rings. The van der Waals surface area contributed by atoms with Crippen molar-refractivity contribution >= 4 is 20.9 Å². The van der Waals surface area contributed by atoms with Gasteiger partial charge in [-0.25, -0.2) is 0 Å². The van der Waals surface area contributed by atoms with E-state index in [9.17, 15) is 13.5 Å². The molecular weight excluding hydrogens is 304 g/mol. The first-order valence-electron chi connectivity index (χ1n) is 6.82. The van der Waals surface area contributed by atoms with Gasteiger partial charge in [0.1, 0.15) is 17.5 Å². The van der Waals surface area contributed by atoms with Crippen molar-refractivity contribution in [1.82, 2.24) is 0 Å². The zero-order valence-electron chi connectivity index (χ0n) is 13.0. The summed E-state index contributed by atoms with van der Waals surface area (Å²) in [7, 11) is -2.04. The van der Waals surface area contributed by atoms with Gasteiger partial charge in [0.15, 0.2) is 0 Å². The molecule has 0 aliphatic heterocycles. The van der Waals surface area contributed by atoms with E-state index in [-0.39, 0.29) is 0 Å². The first-order chi connectivity index (χ1) is 10.1. The van der Waals surface area contributed by atoms with Crippen molar-refractivity contribution in [1.29, 1.82) is 0 Å². The Labute approximate surface area is 130 Å². The highest BCUT2D eigenvalue weighted by atomic mass is 32.2. The highest BCUT2D eigenvalue weighted by Gasteiger charge is 2.33. The van der Waals surface area contributed by atoms with Gasteiger partial charge in [-0.05, 0) is 48.4 Å². The van der Waals surface area contributed by atoms with Crippen molar-refractivity contribution in [2.45, 2.75) is 25.6 Å². The monoisotopic (exact) mass is 324 g/mol. The van der Waals surface area contributed by atoms with E-state index in [1.54, 1.807) is 13.2 Å². The van der Waals surface area contributed by atoms with Crippen molar-refractivity contribution in [2.24, 2.45) is 0 Å². The van der Waals surface area contributed by atoms with E-state index in [0.717, 1.165) is 22.8 Å². The van der Waals surface area contributed by atoms with Crippen LogP contribution >= 0.6 is 0 Å². The molecule has 0 radical (unpaired) electrons. The average molecular weight is 324 g/mol. The maximum atomic E-state index is 11.3. The molecular formula is C16H20O5S. The van der Waals surface area contributed by atoms with Gasteiger partial charge in [-0.2, -0.15) is 8.42 Å². The molecule has 0 bridgehead atoms.